The van der Waals surface area contributed by atoms with E-state index in [0.717, 1.165) is 5.56 Å². The zero-order chi connectivity index (χ0) is 16.0. The van der Waals surface area contributed by atoms with E-state index >= 15 is 0 Å². The van der Waals surface area contributed by atoms with Gasteiger partial charge in [-0.2, -0.15) is 0 Å². The lowest BCUT2D eigenvalue weighted by Gasteiger charge is -2.22. The first-order chi connectivity index (χ1) is 9.87. The number of methoxy groups -OCH3 is 1. The van der Waals surface area contributed by atoms with Crippen LogP contribution < -0.4 is 4.74 Å². The molecule has 0 aliphatic carbocycles. The quantitative estimate of drug-likeness (QED) is 0.583. The molecule has 0 heterocycles. The summed E-state index contributed by atoms with van der Waals surface area (Å²) in [5, 5.41) is 19.9. The van der Waals surface area contributed by atoms with Crippen molar-refractivity contribution in [3.63, 3.8) is 0 Å². The number of aliphatic carboxylic acids is 1. The number of non-ortho nitro benzene ring substituents is 1. The van der Waals surface area contributed by atoms with E-state index in [1.54, 1.807) is 13.0 Å². The second-order valence-electron chi connectivity index (χ2n) is 4.86. The molecule has 0 spiro atoms. The number of carboxylic acid groups (broad SMARTS) is 1. The summed E-state index contributed by atoms with van der Waals surface area (Å²) < 4.78 is 5.06. The highest BCUT2D eigenvalue weighted by Crippen LogP contribution is 2.23. The minimum Gasteiger partial charge on any atom is -0.496 e. The predicted octanol–water partition coefficient (Wildman–Crippen LogP) is 2.15. The number of carbonyl (C=O) groups is 1. The molecule has 0 amide bonds. The fourth-order valence-corrected chi connectivity index (χ4v) is 1.99. The van der Waals surface area contributed by atoms with Gasteiger partial charge >= 0.3 is 5.97 Å². The third-order valence-corrected chi connectivity index (χ3v) is 3.20. The van der Waals surface area contributed by atoms with E-state index in [1.807, 2.05) is 11.8 Å². The summed E-state index contributed by atoms with van der Waals surface area (Å²) >= 11 is 0. The van der Waals surface area contributed by atoms with Crippen molar-refractivity contribution >= 4 is 11.7 Å². The Kier molecular flexibility index (Phi) is 6.10. The average molecular weight is 296 g/mol. The standard InChI is InChI=1S/C14H20N2O5/c1-4-15(8-10(2)14(17)18)9-11-5-12(16(19)20)7-13(6-11)21-3/h5-7,10H,4,8-9H2,1-3H3,(H,17,18). The Morgan fingerprint density at radius 1 is 1.48 bits per heavy atom. The lowest BCUT2D eigenvalue weighted by molar-refractivity contribution is -0.385. The molecule has 21 heavy (non-hydrogen) atoms. The molecule has 0 saturated carbocycles. The fourth-order valence-electron chi connectivity index (χ4n) is 1.99. The maximum atomic E-state index is 10.9. The van der Waals surface area contributed by atoms with Gasteiger partial charge in [0.2, 0.25) is 0 Å². The van der Waals surface area contributed by atoms with Gasteiger partial charge in [-0.3, -0.25) is 19.8 Å². The molecule has 0 aromatic heterocycles. The van der Waals surface area contributed by atoms with Crippen molar-refractivity contribution in [3.8, 4) is 5.75 Å². The molecule has 1 aromatic carbocycles. The third kappa shape index (κ3) is 5.03. The van der Waals surface area contributed by atoms with Crippen LogP contribution in [0.4, 0.5) is 5.69 Å². The Morgan fingerprint density at radius 3 is 2.62 bits per heavy atom. The summed E-state index contributed by atoms with van der Waals surface area (Å²) in [6.45, 7) is 5.04. The molecule has 1 unspecified atom stereocenters. The smallest absolute Gasteiger partial charge is 0.307 e. The van der Waals surface area contributed by atoms with Crippen LogP contribution in [0.5, 0.6) is 5.75 Å². The third-order valence-electron chi connectivity index (χ3n) is 3.20. The largest absolute Gasteiger partial charge is 0.496 e. The monoisotopic (exact) mass is 296 g/mol. The Labute approximate surface area is 123 Å². The molecule has 116 valence electrons. The van der Waals surface area contributed by atoms with E-state index in [1.165, 1.54) is 19.2 Å². The van der Waals surface area contributed by atoms with E-state index in [-0.39, 0.29) is 5.69 Å². The number of benzene rings is 1. The molecular weight excluding hydrogens is 276 g/mol. The number of rotatable bonds is 8. The Bertz CT molecular complexity index is 518. The number of nitro benzene ring substituents is 1. The number of hydrogen-bond acceptors (Lipinski definition) is 5. The SMILES string of the molecule is CCN(Cc1cc(OC)cc([N+](=O)[O-])c1)CC(C)C(=O)O. The molecule has 1 rings (SSSR count). The molecule has 0 bridgehead atoms. The normalized spacial score (nSPS) is 12.2. The van der Waals surface area contributed by atoms with Gasteiger partial charge in [-0.25, -0.2) is 0 Å². The first-order valence-electron chi connectivity index (χ1n) is 6.64. The van der Waals surface area contributed by atoms with Crippen molar-refractivity contribution in [1.29, 1.82) is 0 Å². The number of hydrogen-bond donors (Lipinski definition) is 1. The van der Waals surface area contributed by atoms with Crippen LogP contribution >= 0.6 is 0 Å². The van der Waals surface area contributed by atoms with Crippen LogP contribution in [0.3, 0.4) is 0 Å². The van der Waals surface area contributed by atoms with Gasteiger partial charge in [0.25, 0.3) is 5.69 Å². The van der Waals surface area contributed by atoms with Gasteiger partial charge in [0, 0.05) is 19.2 Å². The van der Waals surface area contributed by atoms with Crippen LogP contribution in [-0.2, 0) is 11.3 Å². The minimum atomic E-state index is -0.856. The second kappa shape index (κ2) is 7.58. The molecular formula is C14H20N2O5. The molecule has 0 saturated heterocycles. The van der Waals surface area contributed by atoms with Crippen molar-refractivity contribution in [2.45, 2.75) is 20.4 Å². The van der Waals surface area contributed by atoms with Gasteiger partial charge in [-0.1, -0.05) is 13.8 Å². The highest BCUT2D eigenvalue weighted by Gasteiger charge is 2.17. The van der Waals surface area contributed by atoms with E-state index < -0.39 is 16.8 Å². The average Bonchev–Trinajstić information content (AvgIpc) is 2.45. The lowest BCUT2D eigenvalue weighted by atomic mass is 10.1. The van der Waals surface area contributed by atoms with Crippen LogP contribution in [0.25, 0.3) is 0 Å². The summed E-state index contributed by atoms with van der Waals surface area (Å²) in [4.78, 5) is 23.3. The predicted molar refractivity (Wildman–Crippen MR) is 77.4 cm³/mol. The van der Waals surface area contributed by atoms with Gasteiger partial charge in [0.1, 0.15) is 5.75 Å². The van der Waals surface area contributed by atoms with Gasteiger partial charge in [0.05, 0.1) is 24.0 Å². The number of ether oxygens (including phenoxy) is 1. The zero-order valence-electron chi connectivity index (χ0n) is 12.4. The van der Waals surface area contributed by atoms with Gasteiger partial charge in [0.15, 0.2) is 0 Å². The molecule has 1 aromatic rings. The van der Waals surface area contributed by atoms with Crippen molar-refractivity contribution in [2.75, 3.05) is 20.2 Å². The molecule has 0 radical (unpaired) electrons. The maximum Gasteiger partial charge on any atom is 0.307 e. The van der Waals surface area contributed by atoms with E-state index in [0.29, 0.717) is 25.4 Å². The summed E-state index contributed by atoms with van der Waals surface area (Å²) in [5.41, 5.74) is 0.687. The second-order valence-corrected chi connectivity index (χ2v) is 4.86. The van der Waals surface area contributed by atoms with Crippen molar-refractivity contribution in [2.24, 2.45) is 5.92 Å². The van der Waals surface area contributed by atoms with Crippen molar-refractivity contribution < 1.29 is 19.6 Å². The summed E-state index contributed by atoms with van der Waals surface area (Å²) in [6, 6.07) is 4.57. The Morgan fingerprint density at radius 2 is 2.14 bits per heavy atom. The topological polar surface area (TPSA) is 92.9 Å². The first kappa shape index (κ1) is 16.9. The Hall–Kier alpha value is -2.15. The highest BCUT2D eigenvalue weighted by atomic mass is 16.6. The lowest BCUT2D eigenvalue weighted by Crippen LogP contribution is -2.31. The summed E-state index contributed by atoms with van der Waals surface area (Å²) in [7, 11) is 1.45. The van der Waals surface area contributed by atoms with Crippen LogP contribution in [0.2, 0.25) is 0 Å². The summed E-state index contributed by atoms with van der Waals surface area (Å²) in [6.07, 6.45) is 0. The van der Waals surface area contributed by atoms with Gasteiger partial charge in [-0.15, -0.1) is 0 Å². The molecule has 0 fully saturated rings. The molecule has 7 heteroatoms. The molecule has 7 nitrogen and oxygen atoms in total. The highest BCUT2D eigenvalue weighted by molar-refractivity contribution is 5.69. The maximum absolute atomic E-state index is 10.9. The van der Waals surface area contributed by atoms with Gasteiger partial charge < -0.3 is 9.84 Å². The van der Waals surface area contributed by atoms with Gasteiger partial charge in [-0.05, 0) is 18.2 Å². The van der Waals surface area contributed by atoms with Crippen LogP contribution in [-0.4, -0.2) is 41.1 Å². The molecule has 1 N–H and O–H groups in total. The number of nitro groups is 1. The zero-order valence-corrected chi connectivity index (χ0v) is 12.4. The summed E-state index contributed by atoms with van der Waals surface area (Å²) in [5.74, 6) is -0.933. The van der Waals surface area contributed by atoms with E-state index in [4.69, 9.17) is 9.84 Å². The van der Waals surface area contributed by atoms with Crippen LogP contribution in [0.15, 0.2) is 18.2 Å². The minimum absolute atomic E-state index is 0.0355. The fraction of sp³-hybridized carbons (Fsp3) is 0.500. The Balaban J connectivity index is 2.91. The van der Waals surface area contributed by atoms with Crippen molar-refractivity contribution in [3.05, 3.63) is 33.9 Å². The molecule has 0 aliphatic heterocycles. The molecule has 1 atom stereocenters. The molecule has 0 aliphatic rings. The van der Waals surface area contributed by atoms with Crippen molar-refractivity contribution in [1.82, 2.24) is 4.90 Å². The van der Waals surface area contributed by atoms with Crippen LogP contribution in [0.1, 0.15) is 19.4 Å². The number of carboxylic acids is 1. The number of nitrogens with zero attached hydrogens (tertiary/aromatic N) is 2. The van der Waals surface area contributed by atoms with E-state index in [9.17, 15) is 14.9 Å². The first-order valence-corrected chi connectivity index (χ1v) is 6.64. The van der Waals surface area contributed by atoms with E-state index in [2.05, 4.69) is 0 Å². The van der Waals surface area contributed by atoms with Crippen LogP contribution in [0, 0.1) is 16.0 Å².